The van der Waals surface area contributed by atoms with Crippen LogP contribution in [0, 0.1) is 5.92 Å². The Kier molecular flexibility index (Phi) is 3.32. The van der Waals surface area contributed by atoms with Gasteiger partial charge < -0.3 is 19.5 Å². The number of likely N-dealkylation sites (tertiary alicyclic amines) is 1. The fourth-order valence-electron chi connectivity index (χ4n) is 2.42. The van der Waals surface area contributed by atoms with Crippen molar-refractivity contribution in [2.45, 2.75) is 45.0 Å². The van der Waals surface area contributed by atoms with Crippen molar-refractivity contribution in [2.75, 3.05) is 19.7 Å². The second-order valence-corrected chi connectivity index (χ2v) is 5.86. The van der Waals surface area contributed by atoms with E-state index in [4.69, 9.17) is 9.47 Å². The number of nitrogens with zero attached hydrogens (tertiary/aromatic N) is 1. The van der Waals surface area contributed by atoms with Crippen molar-refractivity contribution in [3.63, 3.8) is 0 Å². The lowest BCUT2D eigenvalue weighted by atomic mass is 10.0. The highest BCUT2D eigenvalue weighted by molar-refractivity contribution is 5.68. The molecule has 3 atom stereocenters. The number of carbonyl (C=O) groups is 1. The SMILES string of the molecule is CC(C)(C)OC(=O)N1C[C@H]2C[C@@H](CO)[C@@H](C1)O2. The average molecular weight is 243 g/mol. The summed E-state index contributed by atoms with van der Waals surface area (Å²) in [7, 11) is 0. The summed E-state index contributed by atoms with van der Waals surface area (Å²) in [6.07, 6.45) is 0.569. The van der Waals surface area contributed by atoms with Gasteiger partial charge in [-0.1, -0.05) is 0 Å². The van der Waals surface area contributed by atoms with Gasteiger partial charge in [-0.05, 0) is 27.2 Å². The minimum Gasteiger partial charge on any atom is -0.444 e. The quantitative estimate of drug-likeness (QED) is 0.746. The molecule has 0 saturated carbocycles. The fourth-order valence-corrected chi connectivity index (χ4v) is 2.42. The first-order valence-corrected chi connectivity index (χ1v) is 6.13. The molecule has 98 valence electrons. The van der Waals surface area contributed by atoms with Crippen LogP contribution in [0.2, 0.25) is 0 Å². The molecule has 0 aliphatic carbocycles. The van der Waals surface area contributed by atoms with Crippen LogP contribution in [0.1, 0.15) is 27.2 Å². The van der Waals surface area contributed by atoms with Crippen LogP contribution in [0.4, 0.5) is 4.79 Å². The summed E-state index contributed by atoms with van der Waals surface area (Å²) < 4.78 is 11.0. The van der Waals surface area contributed by atoms with Crippen molar-refractivity contribution < 1.29 is 19.4 Å². The van der Waals surface area contributed by atoms with Gasteiger partial charge in [-0.25, -0.2) is 4.79 Å². The number of rotatable bonds is 1. The standard InChI is InChI=1S/C12H21NO4/c1-12(2,3)17-11(15)13-5-9-4-8(7-14)10(6-13)16-9/h8-10,14H,4-7H2,1-3H3/t8-,9+,10+/m0/s1. The number of aliphatic hydroxyl groups excluding tert-OH is 1. The molecule has 17 heavy (non-hydrogen) atoms. The lowest BCUT2D eigenvalue weighted by Gasteiger charge is -2.34. The number of fused-ring (bicyclic) bond motifs is 2. The predicted octanol–water partition coefficient (Wildman–Crippen LogP) is 1.00. The Labute approximate surface area is 102 Å². The monoisotopic (exact) mass is 243 g/mol. The molecule has 0 spiro atoms. The maximum absolute atomic E-state index is 11.9. The van der Waals surface area contributed by atoms with E-state index in [2.05, 4.69) is 0 Å². The van der Waals surface area contributed by atoms with E-state index in [1.807, 2.05) is 20.8 Å². The van der Waals surface area contributed by atoms with Crippen LogP contribution < -0.4 is 0 Å². The van der Waals surface area contributed by atoms with E-state index in [0.717, 1.165) is 6.42 Å². The number of carbonyl (C=O) groups excluding carboxylic acids is 1. The summed E-state index contributed by atoms with van der Waals surface area (Å²) in [5.74, 6) is 0.160. The number of hydrogen-bond acceptors (Lipinski definition) is 4. The molecule has 0 radical (unpaired) electrons. The van der Waals surface area contributed by atoms with E-state index >= 15 is 0 Å². The largest absolute Gasteiger partial charge is 0.444 e. The zero-order chi connectivity index (χ0) is 12.6. The van der Waals surface area contributed by atoms with Crippen molar-refractivity contribution in [1.82, 2.24) is 4.90 Å². The molecule has 2 rings (SSSR count). The maximum Gasteiger partial charge on any atom is 0.410 e. The molecular weight excluding hydrogens is 222 g/mol. The van der Waals surface area contributed by atoms with Gasteiger partial charge in [0.1, 0.15) is 5.60 Å². The van der Waals surface area contributed by atoms with E-state index in [9.17, 15) is 9.90 Å². The van der Waals surface area contributed by atoms with Gasteiger partial charge in [0.2, 0.25) is 0 Å². The van der Waals surface area contributed by atoms with Gasteiger partial charge in [0.05, 0.1) is 25.3 Å². The molecule has 2 fully saturated rings. The molecule has 2 heterocycles. The Morgan fingerprint density at radius 2 is 2.18 bits per heavy atom. The minimum atomic E-state index is -0.467. The minimum absolute atomic E-state index is 0.0359. The third kappa shape index (κ3) is 2.90. The zero-order valence-corrected chi connectivity index (χ0v) is 10.7. The molecule has 0 aromatic rings. The van der Waals surface area contributed by atoms with E-state index < -0.39 is 5.60 Å². The first-order valence-electron chi connectivity index (χ1n) is 6.13. The van der Waals surface area contributed by atoms with E-state index in [1.165, 1.54) is 0 Å². The van der Waals surface area contributed by atoms with Crippen LogP contribution in [-0.2, 0) is 9.47 Å². The maximum atomic E-state index is 11.9. The highest BCUT2D eigenvalue weighted by Crippen LogP contribution is 2.32. The highest BCUT2D eigenvalue weighted by Gasteiger charge is 2.43. The molecule has 0 unspecified atom stereocenters. The average Bonchev–Trinajstić information content (AvgIpc) is 2.50. The molecule has 1 amide bonds. The van der Waals surface area contributed by atoms with Gasteiger partial charge in [-0.2, -0.15) is 0 Å². The summed E-state index contributed by atoms with van der Waals surface area (Å²) in [6, 6.07) is 0. The van der Waals surface area contributed by atoms with Gasteiger partial charge in [0.15, 0.2) is 0 Å². The molecule has 0 aromatic carbocycles. The van der Waals surface area contributed by atoms with Gasteiger partial charge in [-0.15, -0.1) is 0 Å². The predicted molar refractivity (Wildman–Crippen MR) is 61.7 cm³/mol. The van der Waals surface area contributed by atoms with Crippen LogP contribution in [-0.4, -0.2) is 53.6 Å². The molecule has 0 aromatic heterocycles. The van der Waals surface area contributed by atoms with Crippen LogP contribution in [0.15, 0.2) is 0 Å². The Morgan fingerprint density at radius 3 is 2.76 bits per heavy atom. The Balaban J connectivity index is 1.95. The van der Waals surface area contributed by atoms with E-state index in [1.54, 1.807) is 4.90 Å². The molecular formula is C12H21NO4. The Bertz CT molecular complexity index is 299. The van der Waals surface area contributed by atoms with Crippen molar-refractivity contribution in [2.24, 2.45) is 5.92 Å². The lowest BCUT2D eigenvalue weighted by molar-refractivity contribution is -0.0578. The van der Waals surface area contributed by atoms with Crippen molar-refractivity contribution >= 4 is 6.09 Å². The normalized spacial score (nSPS) is 32.7. The van der Waals surface area contributed by atoms with Gasteiger partial charge in [0, 0.05) is 12.5 Å². The first-order chi connectivity index (χ1) is 7.89. The Hall–Kier alpha value is -0.810. The summed E-state index contributed by atoms with van der Waals surface area (Å²) in [5, 5.41) is 9.21. The van der Waals surface area contributed by atoms with Crippen LogP contribution in [0.3, 0.4) is 0 Å². The topological polar surface area (TPSA) is 59.0 Å². The highest BCUT2D eigenvalue weighted by atomic mass is 16.6. The number of morpholine rings is 1. The number of aliphatic hydroxyl groups is 1. The summed E-state index contributed by atoms with van der Waals surface area (Å²) in [5.41, 5.74) is -0.467. The number of amides is 1. The number of hydrogen-bond donors (Lipinski definition) is 1. The van der Waals surface area contributed by atoms with Crippen LogP contribution >= 0.6 is 0 Å². The third-order valence-corrected chi connectivity index (χ3v) is 3.17. The summed E-state index contributed by atoms with van der Waals surface area (Å²) in [4.78, 5) is 13.6. The molecule has 1 N–H and O–H groups in total. The van der Waals surface area contributed by atoms with Crippen molar-refractivity contribution in [3.05, 3.63) is 0 Å². The fraction of sp³-hybridized carbons (Fsp3) is 0.917. The molecule has 2 saturated heterocycles. The van der Waals surface area contributed by atoms with Crippen LogP contribution in [0.5, 0.6) is 0 Å². The summed E-state index contributed by atoms with van der Waals surface area (Å²) >= 11 is 0. The molecule has 2 aliphatic heterocycles. The van der Waals surface area contributed by atoms with E-state index in [-0.39, 0.29) is 30.8 Å². The second-order valence-electron chi connectivity index (χ2n) is 5.86. The van der Waals surface area contributed by atoms with Crippen molar-refractivity contribution in [1.29, 1.82) is 0 Å². The molecule has 2 aliphatic rings. The second kappa shape index (κ2) is 4.46. The van der Waals surface area contributed by atoms with E-state index in [0.29, 0.717) is 13.1 Å². The number of ether oxygens (including phenoxy) is 2. The third-order valence-electron chi connectivity index (χ3n) is 3.17. The lowest BCUT2D eigenvalue weighted by Crippen LogP contribution is -2.48. The summed E-state index contributed by atoms with van der Waals surface area (Å²) in [6.45, 7) is 6.80. The smallest absolute Gasteiger partial charge is 0.410 e. The molecule has 5 heteroatoms. The van der Waals surface area contributed by atoms with Gasteiger partial charge in [0.25, 0.3) is 0 Å². The Morgan fingerprint density at radius 1 is 1.47 bits per heavy atom. The van der Waals surface area contributed by atoms with Gasteiger partial charge >= 0.3 is 6.09 Å². The van der Waals surface area contributed by atoms with Gasteiger partial charge in [-0.3, -0.25) is 0 Å². The molecule has 2 bridgehead atoms. The zero-order valence-electron chi connectivity index (χ0n) is 10.7. The van der Waals surface area contributed by atoms with Crippen LogP contribution in [0.25, 0.3) is 0 Å². The van der Waals surface area contributed by atoms with Crippen molar-refractivity contribution in [3.8, 4) is 0 Å². The first kappa shape index (κ1) is 12.6. The molecule has 5 nitrogen and oxygen atoms in total.